The van der Waals surface area contributed by atoms with Gasteiger partial charge in [0, 0.05) is 11.1 Å². The zero-order valence-electron chi connectivity index (χ0n) is 10.7. The maximum absolute atomic E-state index is 9.03. The van der Waals surface area contributed by atoms with E-state index in [0.717, 1.165) is 27.9 Å². The van der Waals surface area contributed by atoms with Crippen molar-refractivity contribution in [3.63, 3.8) is 0 Å². The van der Waals surface area contributed by atoms with E-state index in [1.165, 1.54) is 16.9 Å². The van der Waals surface area contributed by atoms with Gasteiger partial charge in [0.05, 0.1) is 5.69 Å². The fraction of sp³-hybridized carbons (Fsp3) is 0.286. The lowest BCUT2D eigenvalue weighted by Gasteiger charge is -2.08. The van der Waals surface area contributed by atoms with Gasteiger partial charge in [-0.25, -0.2) is 4.98 Å². The van der Waals surface area contributed by atoms with Gasteiger partial charge in [0.2, 0.25) is 0 Å². The Bertz CT molecular complexity index is 675. The Morgan fingerprint density at radius 1 is 1.44 bits per heavy atom. The van der Waals surface area contributed by atoms with Gasteiger partial charge in [0.15, 0.2) is 0 Å². The van der Waals surface area contributed by atoms with Crippen LogP contribution < -0.4 is 5.73 Å². The third-order valence-electron chi connectivity index (χ3n) is 3.12. The van der Waals surface area contributed by atoms with Crippen LogP contribution in [0.4, 0.5) is 5.69 Å². The van der Waals surface area contributed by atoms with E-state index in [0.29, 0.717) is 10.6 Å². The van der Waals surface area contributed by atoms with Gasteiger partial charge in [0.25, 0.3) is 0 Å². The Hall–Kier alpha value is -1.86. The minimum Gasteiger partial charge on any atom is -0.396 e. The topological polar surface area (TPSA) is 62.7 Å². The van der Waals surface area contributed by atoms with Crippen molar-refractivity contribution < 1.29 is 0 Å². The van der Waals surface area contributed by atoms with Crippen LogP contribution in [-0.2, 0) is 6.42 Å². The maximum atomic E-state index is 9.03. The van der Waals surface area contributed by atoms with Gasteiger partial charge in [-0.3, -0.25) is 0 Å². The number of allylic oxidation sites excluding steroid dienone is 2. The first-order chi connectivity index (χ1) is 8.60. The van der Waals surface area contributed by atoms with Gasteiger partial charge < -0.3 is 5.73 Å². The molecule has 2 aromatic rings. The van der Waals surface area contributed by atoms with Gasteiger partial charge in [-0.2, -0.15) is 5.26 Å². The Morgan fingerprint density at radius 2 is 2.17 bits per heavy atom. The molecular formula is C14H15N3S. The molecule has 0 saturated carbocycles. The van der Waals surface area contributed by atoms with Crippen LogP contribution in [0.5, 0.6) is 0 Å². The lowest BCUT2D eigenvalue weighted by molar-refractivity contribution is 1.11. The summed E-state index contributed by atoms with van der Waals surface area (Å²) in [6, 6.07) is 2.13. The molecule has 2 N–H and O–H groups in total. The number of anilines is 1. The number of nitriles is 1. The van der Waals surface area contributed by atoms with E-state index in [1.807, 2.05) is 19.9 Å². The second-order valence-corrected chi connectivity index (χ2v) is 5.21. The van der Waals surface area contributed by atoms with Gasteiger partial charge >= 0.3 is 0 Å². The van der Waals surface area contributed by atoms with Gasteiger partial charge in [-0.05, 0) is 38.3 Å². The second-order valence-electron chi connectivity index (χ2n) is 4.21. The molecule has 0 unspecified atom stereocenters. The third kappa shape index (κ3) is 1.87. The lowest BCUT2D eigenvalue weighted by atomic mass is 10.0. The van der Waals surface area contributed by atoms with Gasteiger partial charge in [0.1, 0.15) is 15.8 Å². The normalized spacial score (nSPS) is 11.2. The number of aryl methyl sites for hydroxylation is 2. The summed E-state index contributed by atoms with van der Waals surface area (Å²) in [5.74, 6) is 0. The predicted octanol–water partition coefficient (Wildman–Crippen LogP) is 3.49. The zero-order valence-corrected chi connectivity index (χ0v) is 11.6. The molecule has 0 amide bonds. The summed E-state index contributed by atoms with van der Waals surface area (Å²) in [5.41, 5.74) is 9.97. The van der Waals surface area contributed by atoms with Crippen LogP contribution in [0.15, 0.2) is 12.2 Å². The predicted molar refractivity (Wildman–Crippen MR) is 76.7 cm³/mol. The molecule has 0 aliphatic rings. The molecule has 0 bridgehead atoms. The van der Waals surface area contributed by atoms with Crippen molar-refractivity contribution in [3.05, 3.63) is 33.9 Å². The quantitative estimate of drug-likeness (QED) is 0.838. The van der Waals surface area contributed by atoms with Gasteiger partial charge in [-0.1, -0.05) is 12.2 Å². The number of hydrogen-bond acceptors (Lipinski definition) is 4. The van der Waals surface area contributed by atoms with E-state index in [1.54, 1.807) is 0 Å². The van der Waals surface area contributed by atoms with Crippen LogP contribution >= 0.6 is 11.3 Å². The molecule has 18 heavy (non-hydrogen) atoms. The van der Waals surface area contributed by atoms with Crippen molar-refractivity contribution >= 4 is 27.2 Å². The van der Waals surface area contributed by atoms with E-state index in [9.17, 15) is 0 Å². The van der Waals surface area contributed by atoms with Crippen LogP contribution in [-0.4, -0.2) is 4.98 Å². The molecule has 0 radical (unpaired) electrons. The average Bonchev–Trinajstić information content (AvgIpc) is 2.65. The fourth-order valence-corrected chi connectivity index (χ4v) is 3.13. The van der Waals surface area contributed by atoms with E-state index in [4.69, 9.17) is 11.0 Å². The van der Waals surface area contributed by atoms with Crippen molar-refractivity contribution in [2.45, 2.75) is 27.2 Å². The Balaban J connectivity index is 2.76. The molecule has 0 spiro atoms. The highest BCUT2D eigenvalue weighted by Crippen LogP contribution is 2.36. The summed E-state index contributed by atoms with van der Waals surface area (Å²) in [4.78, 5) is 5.99. The van der Waals surface area contributed by atoms with E-state index < -0.39 is 0 Å². The highest BCUT2D eigenvalue weighted by atomic mass is 32.1. The molecule has 0 saturated heterocycles. The molecule has 0 aromatic carbocycles. The first-order valence-electron chi connectivity index (χ1n) is 5.79. The van der Waals surface area contributed by atoms with Crippen molar-refractivity contribution in [2.24, 2.45) is 0 Å². The van der Waals surface area contributed by atoms with E-state index in [-0.39, 0.29) is 0 Å². The minimum atomic E-state index is 0.559. The molecule has 4 heteroatoms. The maximum Gasteiger partial charge on any atom is 0.130 e. The molecule has 2 rings (SSSR count). The Labute approximate surface area is 111 Å². The monoisotopic (exact) mass is 257 g/mol. The number of nitrogens with zero attached hydrogens (tertiary/aromatic N) is 2. The number of pyridine rings is 1. The van der Waals surface area contributed by atoms with Crippen LogP contribution in [0, 0.1) is 25.2 Å². The summed E-state index contributed by atoms with van der Waals surface area (Å²) in [7, 11) is 0. The van der Waals surface area contributed by atoms with E-state index >= 15 is 0 Å². The molecule has 0 atom stereocenters. The smallest absolute Gasteiger partial charge is 0.130 e. The van der Waals surface area contributed by atoms with Crippen molar-refractivity contribution in [1.82, 2.24) is 4.98 Å². The molecule has 92 valence electrons. The first-order valence-corrected chi connectivity index (χ1v) is 6.61. The summed E-state index contributed by atoms with van der Waals surface area (Å²) >= 11 is 1.37. The van der Waals surface area contributed by atoms with Crippen LogP contribution in [0.1, 0.15) is 28.6 Å². The zero-order chi connectivity index (χ0) is 13.3. The first kappa shape index (κ1) is 12.6. The molecule has 0 fully saturated rings. The lowest BCUT2D eigenvalue weighted by Crippen LogP contribution is -1.97. The molecule has 2 aromatic heterocycles. The van der Waals surface area contributed by atoms with Crippen molar-refractivity contribution in [3.8, 4) is 6.07 Å². The molecule has 3 nitrogen and oxygen atoms in total. The number of hydrogen-bond donors (Lipinski definition) is 1. The Kier molecular flexibility index (Phi) is 3.35. The number of nitrogen functional groups attached to an aromatic ring is 1. The summed E-state index contributed by atoms with van der Waals surface area (Å²) in [6.07, 6.45) is 4.99. The molecular weight excluding hydrogens is 242 g/mol. The van der Waals surface area contributed by atoms with Crippen LogP contribution in [0.2, 0.25) is 0 Å². The average molecular weight is 257 g/mol. The fourth-order valence-electron chi connectivity index (χ4n) is 2.13. The summed E-state index contributed by atoms with van der Waals surface area (Å²) < 4.78 is 0. The van der Waals surface area contributed by atoms with E-state index in [2.05, 4.69) is 24.1 Å². The number of fused-ring (bicyclic) bond motifs is 1. The third-order valence-corrected chi connectivity index (χ3v) is 4.12. The number of rotatable bonds is 2. The van der Waals surface area contributed by atoms with Crippen molar-refractivity contribution in [2.75, 3.05) is 5.73 Å². The molecule has 0 aliphatic heterocycles. The van der Waals surface area contributed by atoms with Gasteiger partial charge in [-0.15, -0.1) is 11.3 Å². The standard InChI is InChI=1S/C14H15N3S/c1-4-5-6-10-8(2)12-13(16)11(7-15)18-14(12)17-9(10)3/h4-5H,6,16H2,1-3H3. The SMILES string of the molecule is CC=CCc1c(C)nc2sc(C#N)c(N)c2c1C. The van der Waals surface area contributed by atoms with Crippen LogP contribution in [0.3, 0.4) is 0 Å². The van der Waals surface area contributed by atoms with Crippen molar-refractivity contribution in [1.29, 1.82) is 5.26 Å². The largest absolute Gasteiger partial charge is 0.396 e. The second kappa shape index (κ2) is 4.79. The Morgan fingerprint density at radius 3 is 2.78 bits per heavy atom. The number of nitrogens with two attached hydrogens (primary N) is 1. The highest BCUT2D eigenvalue weighted by Gasteiger charge is 2.16. The summed E-state index contributed by atoms with van der Waals surface area (Å²) in [5, 5.41) is 9.98. The summed E-state index contributed by atoms with van der Waals surface area (Å²) in [6.45, 7) is 6.07. The number of aromatic nitrogens is 1. The number of thiophene rings is 1. The molecule has 2 heterocycles. The van der Waals surface area contributed by atoms with Crippen LogP contribution in [0.25, 0.3) is 10.2 Å². The highest BCUT2D eigenvalue weighted by molar-refractivity contribution is 7.19. The molecule has 0 aliphatic carbocycles. The minimum absolute atomic E-state index is 0.559.